The molecular formula is C8H5ClF2N2O. The fourth-order valence-electron chi connectivity index (χ4n) is 0.835. The third-order valence-corrected chi connectivity index (χ3v) is 1.73. The van der Waals surface area contributed by atoms with Gasteiger partial charge in [-0.3, -0.25) is 0 Å². The van der Waals surface area contributed by atoms with E-state index in [1.165, 1.54) is 12.3 Å². The predicted molar refractivity (Wildman–Crippen MR) is 45.2 cm³/mol. The summed E-state index contributed by atoms with van der Waals surface area (Å²) >= 11 is 5.65. The number of alkyl halides is 2. The molecular weight excluding hydrogens is 214 g/mol. The monoisotopic (exact) mass is 218 g/mol. The van der Waals surface area contributed by atoms with E-state index in [4.69, 9.17) is 16.9 Å². The molecule has 1 heterocycles. The van der Waals surface area contributed by atoms with Gasteiger partial charge in [0.1, 0.15) is 0 Å². The van der Waals surface area contributed by atoms with Crippen molar-refractivity contribution in [1.82, 2.24) is 4.98 Å². The smallest absolute Gasteiger partial charge is 0.388 e. The Morgan fingerprint density at radius 2 is 2.36 bits per heavy atom. The lowest BCUT2D eigenvalue weighted by Gasteiger charge is -2.04. The van der Waals surface area contributed by atoms with Crippen LogP contribution in [0.4, 0.5) is 8.78 Å². The topological polar surface area (TPSA) is 45.9 Å². The van der Waals surface area contributed by atoms with Gasteiger partial charge < -0.3 is 4.74 Å². The Balaban J connectivity index is 2.89. The number of ether oxygens (including phenoxy) is 1. The number of pyridine rings is 1. The molecule has 1 rings (SSSR count). The minimum Gasteiger partial charge on any atom is -0.417 e. The summed E-state index contributed by atoms with van der Waals surface area (Å²) in [6.07, 6.45) is 1.20. The summed E-state index contributed by atoms with van der Waals surface area (Å²) < 4.78 is 27.6. The molecule has 0 aliphatic carbocycles. The number of hydrogen-bond acceptors (Lipinski definition) is 3. The predicted octanol–water partition coefficient (Wildman–Crippen LogP) is 2.40. The van der Waals surface area contributed by atoms with Crippen molar-refractivity contribution in [3.8, 4) is 11.9 Å². The zero-order valence-electron chi connectivity index (χ0n) is 6.88. The van der Waals surface area contributed by atoms with Crippen LogP contribution >= 0.6 is 11.6 Å². The van der Waals surface area contributed by atoms with Crippen molar-refractivity contribution in [3.63, 3.8) is 0 Å². The third-order valence-electron chi connectivity index (χ3n) is 1.39. The largest absolute Gasteiger partial charge is 0.417 e. The van der Waals surface area contributed by atoms with Crippen LogP contribution in [-0.2, 0) is 6.42 Å². The quantitative estimate of drug-likeness (QED) is 0.783. The third kappa shape index (κ3) is 2.82. The number of rotatable bonds is 3. The van der Waals surface area contributed by atoms with E-state index in [0.29, 0.717) is 5.56 Å². The van der Waals surface area contributed by atoms with Crippen LogP contribution < -0.4 is 4.74 Å². The van der Waals surface area contributed by atoms with Crippen LogP contribution in [0.5, 0.6) is 5.88 Å². The Labute approximate surface area is 83.9 Å². The Bertz CT molecular complexity index is 365. The summed E-state index contributed by atoms with van der Waals surface area (Å²) in [6, 6.07) is 3.07. The highest BCUT2D eigenvalue weighted by Gasteiger charge is 2.08. The van der Waals surface area contributed by atoms with Crippen LogP contribution in [0.2, 0.25) is 5.02 Å². The zero-order chi connectivity index (χ0) is 10.6. The van der Waals surface area contributed by atoms with Crippen LogP contribution in [0.1, 0.15) is 5.56 Å². The minimum absolute atomic E-state index is 0.0287. The summed E-state index contributed by atoms with van der Waals surface area (Å²) in [5, 5.41) is 8.66. The van der Waals surface area contributed by atoms with Crippen molar-refractivity contribution >= 4 is 11.6 Å². The molecule has 0 spiro atoms. The molecule has 0 bridgehead atoms. The molecule has 0 atom stereocenters. The van der Waals surface area contributed by atoms with E-state index in [9.17, 15) is 8.78 Å². The molecule has 0 aliphatic rings. The summed E-state index contributed by atoms with van der Waals surface area (Å²) in [5.74, 6) is -0.241. The lowest BCUT2D eigenvalue weighted by molar-refractivity contribution is -0.0528. The maximum Gasteiger partial charge on any atom is 0.388 e. The van der Waals surface area contributed by atoms with E-state index in [-0.39, 0.29) is 17.3 Å². The fraction of sp³-hybridized carbons (Fsp3) is 0.250. The second kappa shape index (κ2) is 4.72. The molecule has 6 heteroatoms. The Morgan fingerprint density at radius 1 is 1.64 bits per heavy atom. The molecule has 0 radical (unpaired) electrons. The molecule has 74 valence electrons. The molecule has 0 aromatic carbocycles. The average molecular weight is 219 g/mol. The van der Waals surface area contributed by atoms with Gasteiger partial charge in [0.15, 0.2) is 0 Å². The number of aromatic nitrogens is 1. The van der Waals surface area contributed by atoms with E-state index < -0.39 is 6.61 Å². The van der Waals surface area contributed by atoms with Crippen LogP contribution in [-0.4, -0.2) is 11.6 Å². The lowest BCUT2D eigenvalue weighted by Crippen LogP contribution is -2.04. The molecule has 0 fully saturated rings. The first-order valence-corrected chi connectivity index (χ1v) is 3.97. The second-order valence-electron chi connectivity index (χ2n) is 2.33. The number of halogens is 3. The van der Waals surface area contributed by atoms with Gasteiger partial charge in [-0.05, 0) is 5.56 Å². The first-order valence-electron chi connectivity index (χ1n) is 3.59. The molecule has 0 amide bonds. The lowest BCUT2D eigenvalue weighted by atomic mass is 10.2. The van der Waals surface area contributed by atoms with Gasteiger partial charge in [-0.15, -0.1) is 0 Å². The maximum absolute atomic E-state index is 11.8. The number of nitrogens with zero attached hydrogens (tertiary/aromatic N) is 2. The Kier molecular flexibility index (Phi) is 3.60. The normalized spacial score (nSPS) is 9.93. The van der Waals surface area contributed by atoms with Crippen LogP contribution in [0.3, 0.4) is 0 Å². The SMILES string of the molecule is N#CCc1cc(OC(F)F)ncc1Cl. The second-order valence-corrected chi connectivity index (χ2v) is 2.73. The van der Waals surface area contributed by atoms with Gasteiger partial charge in [0.05, 0.1) is 17.5 Å². The Morgan fingerprint density at radius 3 is 2.93 bits per heavy atom. The van der Waals surface area contributed by atoms with Crippen molar-refractivity contribution in [3.05, 3.63) is 22.8 Å². The average Bonchev–Trinajstić information content (AvgIpc) is 2.10. The highest BCUT2D eigenvalue weighted by atomic mass is 35.5. The highest BCUT2D eigenvalue weighted by molar-refractivity contribution is 6.31. The van der Waals surface area contributed by atoms with Crippen LogP contribution in [0, 0.1) is 11.3 Å². The minimum atomic E-state index is -2.93. The van der Waals surface area contributed by atoms with Gasteiger partial charge in [0.25, 0.3) is 0 Å². The van der Waals surface area contributed by atoms with Crippen molar-refractivity contribution in [2.75, 3.05) is 0 Å². The van der Waals surface area contributed by atoms with Gasteiger partial charge >= 0.3 is 6.61 Å². The zero-order valence-corrected chi connectivity index (χ0v) is 7.63. The highest BCUT2D eigenvalue weighted by Crippen LogP contribution is 2.20. The standard InChI is InChI=1S/C8H5ClF2N2O/c9-6-4-13-7(14-8(10)11)3-5(6)1-2-12/h3-4,8H,1H2. The molecule has 0 N–H and O–H groups in total. The van der Waals surface area contributed by atoms with E-state index in [1.807, 2.05) is 6.07 Å². The molecule has 0 unspecified atom stereocenters. The summed E-state index contributed by atoms with van der Waals surface area (Å²) in [4.78, 5) is 3.52. The van der Waals surface area contributed by atoms with E-state index >= 15 is 0 Å². The van der Waals surface area contributed by atoms with Crippen molar-refractivity contribution in [1.29, 1.82) is 5.26 Å². The van der Waals surface area contributed by atoms with Crippen molar-refractivity contribution < 1.29 is 13.5 Å². The maximum atomic E-state index is 11.8. The molecule has 1 aromatic heterocycles. The molecule has 0 saturated carbocycles. The van der Waals surface area contributed by atoms with Gasteiger partial charge in [0.2, 0.25) is 5.88 Å². The van der Waals surface area contributed by atoms with Crippen LogP contribution in [0.25, 0.3) is 0 Å². The van der Waals surface area contributed by atoms with Gasteiger partial charge in [-0.2, -0.15) is 14.0 Å². The van der Waals surface area contributed by atoms with E-state index in [2.05, 4.69) is 9.72 Å². The summed E-state index contributed by atoms with van der Waals surface area (Å²) in [7, 11) is 0. The van der Waals surface area contributed by atoms with Gasteiger partial charge in [0, 0.05) is 12.3 Å². The molecule has 14 heavy (non-hydrogen) atoms. The van der Waals surface area contributed by atoms with Crippen molar-refractivity contribution in [2.45, 2.75) is 13.0 Å². The van der Waals surface area contributed by atoms with Gasteiger partial charge in [-0.25, -0.2) is 4.98 Å². The van der Waals surface area contributed by atoms with Gasteiger partial charge in [-0.1, -0.05) is 11.6 Å². The molecule has 3 nitrogen and oxygen atoms in total. The fourth-order valence-corrected chi connectivity index (χ4v) is 1.00. The molecule has 0 saturated heterocycles. The Hall–Kier alpha value is -1.41. The first kappa shape index (κ1) is 10.7. The van der Waals surface area contributed by atoms with E-state index in [1.54, 1.807) is 0 Å². The molecule has 1 aromatic rings. The first-order chi connectivity index (χ1) is 6.63. The van der Waals surface area contributed by atoms with E-state index in [0.717, 1.165) is 0 Å². The molecule has 0 aliphatic heterocycles. The summed E-state index contributed by atoms with van der Waals surface area (Å²) in [5.41, 5.74) is 0.416. The van der Waals surface area contributed by atoms with Crippen molar-refractivity contribution in [2.24, 2.45) is 0 Å². The number of nitriles is 1. The number of hydrogen-bond donors (Lipinski definition) is 0. The van der Waals surface area contributed by atoms with Crippen LogP contribution in [0.15, 0.2) is 12.3 Å². The summed E-state index contributed by atoms with van der Waals surface area (Å²) in [6.45, 7) is -2.93.